The van der Waals surface area contributed by atoms with Crippen LogP contribution in [-0.2, 0) is 24.7 Å². The average molecular weight is 1040 g/mol. The second-order valence-electron chi connectivity index (χ2n) is 17.4. The maximum absolute atomic E-state index is 14.3. The van der Waals surface area contributed by atoms with Gasteiger partial charge in [-0.2, -0.15) is 13.2 Å². The molecule has 2 saturated heterocycles. The lowest BCUT2D eigenvalue weighted by molar-refractivity contribution is -0.120. The van der Waals surface area contributed by atoms with Gasteiger partial charge in [-0.25, -0.2) is 21.6 Å². The zero-order valence-electron chi connectivity index (χ0n) is 38.4. The summed E-state index contributed by atoms with van der Waals surface area (Å²) in [4.78, 5) is 28.4. The van der Waals surface area contributed by atoms with Crippen molar-refractivity contribution in [1.82, 2.24) is 20.3 Å². The number of thioether (sulfide) groups is 1. The first-order valence-corrected chi connectivity index (χ1v) is 27.3. The summed E-state index contributed by atoms with van der Waals surface area (Å²) in [6, 6.07) is 32.4. The number of aliphatic hydroxyl groups is 1. The highest BCUT2D eigenvalue weighted by atomic mass is 35.5. The molecule has 5 aromatic rings. The molecule has 0 aromatic heterocycles. The third-order valence-electron chi connectivity index (χ3n) is 12.7. The molecular formula is C50H56ClF3N6O7S3. The molecule has 0 spiro atoms. The van der Waals surface area contributed by atoms with Gasteiger partial charge in [-0.3, -0.25) is 14.5 Å². The van der Waals surface area contributed by atoms with E-state index in [2.05, 4.69) is 25.8 Å². The molecule has 2 aliphatic rings. The van der Waals surface area contributed by atoms with Crippen molar-refractivity contribution in [3.8, 4) is 11.1 Å². The number of amides is 2. The number of rotatable bonds is 20. The summed E-state index contributed by atoms with van der Waals surface area (Å²) < 4.78 is 98.7. The van der Waals surface area contributed by atoms with Crippen molar-refractivity contribution in [1.29, 1.82) is 0 Å². The highest BCUT2D eigenvalue weighted by Gasteiger charge is 2.48. The van der Waals surface area contributed by atoms with Crippen LogP contribution in [0.5, 0.6) is 0 Å². The van der Waals surface area contributed by atoms with Crippen LogP contribution in [0.4, 0.5) is 24.5 Å². The SMILES string of the molecule is CNCC(=O)NCCN1CCC[C@H]1C[C@H](CSc1ccccc1)Nc1ccc(S(=O)(=O)NC(=O)c2ccc(N3CCC([C@@H](O)c4ccccc4-c4ccc(Cl)cc4)CC3)cc2)cc1S(=O)(=O)C(F)(F)F. The largest absolute Gasteiger partial charge is 0.501 e. The van der Waals surface area contributed by atoms with Crippen LogP contribution in [0.15, 0.2) is 136 Å². The van der Waals surface area contributed by atoms with E-state index in [0.717, 1.165) is 58.8 Å². The Hall–Kier alpha value is -5.15. The van der Waals surface area contributed by atoms with Gasteiger partial charge < -0.3 is 26.0 Å². The lowest BCUT2D eigenvalue weighted by Crippen LogP contribution is -2.42. The first-order valence-electron chi connectivity index (χ1n) is 22.9. The third kappa shape index (κ3) is 13.2. The predicted molar refractivity (Wildman–Crippen MR) is 268 cm³/mol. The molecule has 2 aliphatic heterocycles. The van der Waals surface area contributed by atoms with Crippen LogP contribution in [0.25, 0.3) is 11.1 Å². The number of hydrogen-bond donors (Lipinski definition) is 5. The molecule has 70 heavy (non-hydrogen) atoms. The first-order chi connectivity index (χ1) is 33.4. The Balaban J connectivity index is 1.03. The summed E-state index contributed by atoms with van der Waals surface area (Å²) in [5.74, 6) is -0.947. The van der Waals surface area contributed by atoms with E-state index in [1.165, 1.54) is 23.9 Å². The van der Waals surface area contributed by atoms with Crippen molar-refractivity contribution in [2.45, 2.75) is 70.5 Å². The van der Waals surface area contributed by atoms with Crippen LogP contribution in [-0.4, -0.2) is 108 Å². The summed E-state index contributed by atoms with van der Waals surface area (Å²) >= 11 is 7.53. The zero-order valence-corrected chi connectivity index (χ0v) is 41.6. The minimum Gasteiger partial charge on any atom is -0.388 e. The molecule has 2 heterocycles. The van der Waals surface area contributed by atoms with Gasteiger partial charge in [-0.1, -0.05) is 66.2 Å². The summed E-state index contributed by atoms with van der Waals surface area (Å²) in [7, 11) is -9.37. The van der Waals surface area contributed by atoms with E-state index in [9.17, 15) is 44.7 Å². The number of anilines is 2. The van der Waals surface area contributed by atoms with Crippen LogP contribution in [0.3, 0.4) is 0 Å². The quantitative estimate of drug-likeness (QED) is 0.0474. The number of halogens is 4. The number of carbonyl (C=O) groups is 2. The van der Waals surface area contributed by atoms with Crippen molar-refractivity contribution in [3.05, 3.63) is 137 Å². The first kappa shape index (κ1) is 52.7. The average Bonchev–Trinajstić information content (AvgIpc) is 3.79. The van der Waals surface area contributed by atoms with Gasteiger partial charge in [0.15, 0.2) is 0 Å². The van der Waals surface area contributed by atoms with E-state index in [4.69, 9.17) is 11.6 Å². The molecule has 5 aromatic carbocycles. The Morgan fingerprint density at radius 3 is 2.23 bits per heavy atom. The van der Waals surface area contributed by atoms with Gasteiger partial charge in [-0.15, -0.1) is 11.8 Å². The van der Waals surface area contributed by atoms with Gasteiger partial charge in [0.05, 0.1) is 23.2 Å². The van der Waals surface area contributed by atoms with Crippen LogP contribution in [0, 0.1) is 5.92 Å². The standard InChI is InChI=1S/C50H56ClF3N6O7S3/c1-55-32-47(61)56-25-29-59-26-7-8-40(59)30-38(33-68-41-9-3-2-4-10-41)57-45-22-21-42(31-46(45)69(64,65)50(52,53)54)70(66,67)58-49(63)36-15-19-39(20-16-36)60-27-23-35(24-28-60)48(62)44-12-6-5-11-43(44)34-13-17-37(51)18-14-34/h2-6,9-22,31,35,38,40,48,55,57,62H,7-8,23-30,32-33H2,1H3,(H,56,61)(H,58,63)/t38-,40+,48-/m1/s1. The molecule has 0 saturated carbocycles. The molecule has 3 atom stereocenters. The minimum atomic E-state index is -6.12. The Labute approximate surface area is 416 Å². The van der Waals surface area contributed by atoms with Gasteiger partial charge in [0.1, 0.15) is 4.90 Å². The van der Waals surface area contributed by atoms with E-state index < -0.39 is 58.9 Å². The van der Waals surface area contributed by atoms with Gasteiger partial charge in [0.25, 0.3) is 25.8 Å². The summed E-state index contributed by atoms with van der Waals surface area (Å²) in [6.07, 6.45) is 2.63. The molecule has 2 fully saturated rings. The number of alkyl halides is 3. The molecule has 2 amide bonds. The van der Waals surface area contributed by atoms with Crippen molar-refractivity contribution >= 4 is 66.4 Å². The number of carbonyl (C=O) groups excluding carboxylic acids is 2. The smallest absolute Gasteiger partial charge is 0.388 e. The van der Waals surface area contributed by atoms with Crippen molar-refractivity contribution in [2.75, 3.05) is 62.3 Å². The summed E-state index contributed by atoms with van der Waals surface area (Å²) in [6.45, 7) is 3.01. The number of sulfonamides is 1. The molecular weight excluding hydrogens is 985 g/mol. The number of nitrogens with one attached hydrogen (secondary N) is 4. The molecule has 0 radical (unpaired) electrons. The predicted octanol–water partition coefficient (Wildman–Crippen LogP) is 8.13. The van der Waals surface area contributed by atoms with Crippen molar-refractivity contribution in [2.24, 2.45) is 5.92 Å². The lowest BCUT2D eigenvalue weighted by Gasteiger charge is -2.36. The highest BCUT2D eigenvalue weighted by molar-refractivity contribution is 7.99. The van der Waals surface area contributed by atoms with Crippen LogP contribution in [0.1, 0.15) is 54.1 Å². The van der Waals surface area contributed by atoms with E-state index in [-0.39, 0.29) is 30.0 Å². The third-order valence-corrected chi connectivity index (χ3v) is 16.9. The van der Waals surface area contributed by atoms with Crippen LogP contribution >= 0.6 is 23.4 Å². The van der Waals surface area contributed by atoms with E-state index in [0.29, 0.717) is 62.3 Å². The van der Waals surface area contributed by atoms with Crippen LogP contribution < -0.4 is 25.6 Å². The Kier molecular flexibility index (Phi) is 17.6. The Morgan fingerprint density at radius 1 is 0.857 bits per heavy atom. The highest BCUT2D eigenvalue weighted by Crippen LogP contribution is 2.39. The number of piperidine rings is 1. The van der Waals surface area contributed by atoms with Gasteiger partial charge in [0.2, 0.25) is 5.91 Å². The fourth-order valence-electron chi connectivity index (χ4n) is 9.02. The number of likely N-dealkylation sites (tertiary alicyclic amines) is 1. The van der Waals surface area contributed by atoms with Crippen molar-refractivity contribution < 1.29 is 44.7 Å². The van der Waals surface area contributed by atoms with Gasteiger partial charge in [0, 0.05) is 65.2 Å². The molecule has 0 unspecified atom stereocenters. The van der Waals surface area contributed by atoms with Crippen LogP contribution in [0.2, 0.25) is 5.02 Å². The molecule has 0 aliphatic carbocycles. The number of hydrogen-bond acceptors (Lipinski definition) is 12. The fourth-order valence-corrected chi connectivity index (χ4v) is 12.1. The van der Waals surface area contributed by atoms with Crippen molar-refractivity contribution in [3.63, 3.8) is 0 Å². The summed E-state index contributed by atoms with van der Waals surface area (Å²) in [5, 5.41) is 20.8. The lowest BCUT2D eigenvalue weighted by atomic mass is 9.84. The summed E-state index contributed by atoms with van der Waals surface area (Å²) in [5.41, 5.74) is -2.84. The number of sulfone groups is 1. The molecule has 374 valence electrons. The second kappa shape index (κ2) is 23.4. The van der Waals surface area contributed by atoms with Gasteiger partial charge >= 0.3 is 5.51 Å². The monoisotopic (exact) mass is 1040 g/mol. The Bertz CT molecular complexity index is 2800. The fraction of sp³-hybridized carbons (Fsp3) is 0.360. The molecule has 0 bridgehead atoms. The Morgan fingerprint density at radius 2 is 1.54 bits per heavy atom. The second-order valence-corrected chi connectivity index (χ2v) is 22.5. The number of benzene rings is 5. The van der Waals surface area contributed by atoms with E-state index in [1.807, 2.05) is 83.6 Å². The molecule has 7 rings (SSSR count). The molecule has 20 heteroatoms. The van der Waals surface area contributed by atoms with E-state index in [1.54, 1.807) is 19.2 Å². The number of likely N-dealkylation sites (N-methyl/N-ethyl adjacent to an activating group) is 1. The zero-order chi connectivity index (χ0) is 50.1. The molecule has 5 N–H and O–H groups in total. The maximum Gasteiger partial charge on any atom is 0.501 e. The minimum absolute atomic E-state index is 0.0274. The normalized spacial score (nSPS) is 16.9. The molecule has 13 nitrogen and oxygen atoms in total. The maximum atomic E-state index is 14.3. The van der Waals surface area contributed by atoms with E-state index >= 15 is 0 Å². The number of nitrogens with zero attached hydrogens (tertiary/aromatic N) is 2. The topological polar surface area (TPSA) is 177 Å². The van der Waals surface area contributed by atoms with Gasteiger partial charge in [-0.05, 0) is 135 Å². The number of aliphatic hydroxyl groups excluding tert-OH is 1.